The van der Waals surface area contributed by atoms with Gasteiger partial charge in [0.05, 0.1) is 50.1 Å². The smallest absolute Gasteiger partial charge is 0.286 e. The lowest BCUT2D eigenvalue weighted by Crippen LogP contribution is -3.14. The summed E-state index contributed by atoms with van der Waals surface area (Å²) in [4.78, 5) is 20.8. The van der Waals surface area contributed by atoms with Crippen molar-refractivity contribution in [3.05, 3.63) is 51.5 Å². The monoisotopic (exact) mass is 471 g/mol. The van der Waals surface area contributed by atoms with E-state index in [0.29, 0.717) is 17.1 Å². The van der Waals surface area contributed by atoms with E-state index in [0.717, 1.165) is 53.7 Å². The van der Waals surface area contributed by atoms with Gasteiger partial charge in [-0.05, 0) is 36.0 Å². The van der Waals surface area contributed by atoms with Crippen LogP contribution in [0.4, 0.5) is 0 Å². The Bertz CT molecular complexity index is 998. The molecule has 0 spiro atoms. The van der Waals surface area contributed by atoms with Crippen LogP contribution in [0.15, 0.2) is 55.2 Å². The molecule has 2 aliphatic heterocycles. The summed E-state index contributed by atoms with van der Waals surface area (Å²) < 4.78 is 6.91. The first kappa shape index (κ1) is 20.0. The van der Waals surface area contributed by atoms with Gasteiger partial charge >= 0.3 is 0 Å². The van der Waals surface area contributed by atoms with E-state index in [4.69, 9.17) is 9.68 Å². The number of aliphatic imine (C=N–C) groups is 1. The predicted molar refractivity (Wildman–Crippen MR) is 117 cm³/mol. The number of nitriles is 1. The molecule has 148 valence electrons. The van der Waals surface area contributed by atoms with E-state index < -0.39 is 0 Å². The van der Waals surface area contributed by atoms with E-state index in [9.17, 15) is 4.79 Å². The van der Waals surface area contributed by atoms with Crippen molar-refractivity contribution in [2.45, 2.75) is 6.42 Å². The van der Waals surface area contributed by atoms with Crippen LogP contribution in [0.25, 0.3) is 17.4 Å². The molecular weight excluding hydrogens is 452 g/mol. The molecule has 2 aromatic rings. The molecule has 0 bridgehead atoms. The molecule has 1 aromatic heterocycles. The third kappa shape index (κ3) is 4.81. The van der Waals surface area contributed by atoms with Crippen LogP contribution in [-0.4, -0.2) is 48.7 Å². The van der Waals surface area contributed by atoms with E-state index in [1.165, 1.54) is 16.7 Å². The molecule has 6 nitrogen and oxygen atoms in total. The summed E-state index contributed by atoms with van der Waals surface area (Å²) in [5.41, 5.74) is 0.983. The third-order valence-corrected chi connectivity index (χ3v) is 6.54. The number of piperazine rings is 1. The zero-order valence-electron chi connectivity index (χ0n) is 15.7. The van der Waals surface area contributed by atoms with Gasteiger partial charge in [0.1, 0.15) is 11.5 Å². The number of amidine groups is 1. The maximum Gasteiger partial charge on any atom is 0.286 e. The van der Waals surface area contributed by atoms with Crippen LogP contribution in [0.2, 0.25) is 0 Å². The molecule has 0 radical (unpaired) electrons. The summed E-state index contributed by atoms with van der Waals surface area (Å²) in [6.45, 7) is 4.50. The van der Waals surface area contributed by atoms with Crippen molar-refractivity contribution in [3.8, 4) is 17.4 Å². The standard InChI is InChI=1S/C21H19BrN4O2S/c22-16-4-2-15(3-5-16)18-7-6-17(28-18)14-19-20(27)24-21(29-19)26-12-10-25(11-13-26)9-1-8-23/h2-7,14H,1,9-13H2/p+1/b19-14-. The number of halogens is 1. The molecule has 1 fully saturated rings. The van der Waals surface area contributed by atoms with Gasteiger partial charge < -0.3 is 14.2 Å². The lowest BCUT2D eigenvalue weighted by molar-refractivity contribution is -0.903. The van der Waals surface area contributed by atoms with Crippen LogP contribution in [-0.2, 0) is 4.79 Å². The number of furan rings is 1. The van der Waals surface area contributed by atoms with Gasteiger partial charge in [0.25, 0.3) is 5.91 Å². The molecule has 29 heavy (non-hydrogen) atoms. The normalized spacial score (nSPS) is 18.9. The molecule has 3 heterocycles. The molecule has 0 saturated carbocycles. The molecule has 8 heteroatoms. The van der Waals surface area contributed by atoms with Crippen LogP contribution < -0.4 is 4.90 Å². The van der Waals surface area contributed by atoms with Gasteiger partial charge in [0.2, 0.25) is 0 Å². The van der Waals surface area contributed by atoms with Crippen molar-refractivity contribution in [2.24, 2.45) is 4.99 Å². The second kappa shape index (κ2) is 8.99. The molecule has 0 aliphatic carbocycles. The van der Waals surface area contributed by atoms with E-state index in [1.54, 1.807) is 6.08 Å². The maximum absolute atomic E-state index is 12.4. The number of hydrogen-bond acceptors (Lipinski definition) is 5. The van der Waals surface area contributed by atoms with Crippen LogP contribution in [0, 0.1) is 11.3 Å². The number of rotatable bonds is 4. The summed E-state index contributed by atoms with van der Waals surface area (Å²) in [6.07, 6.45) is 2.35. The fourth-order valence-corrected chi connectivity index (χ4v) is 4.57. The number of amides is 1. The fourth-order valence-electron chi connectivity index (χ4n) is 3.36. The van der Waals surface area contributed by atoms with Crippen LogP contribution in [0.3, 0.4) is 0 Å². The fraction of sp³-hybridized carbons (Fsp3) is 0.286. The Hall–Kier alpha value is -2.34. The van der Waals surface area contributed by atoms with E-state index in [2.05, 4.69) is 31.9 Å². The number of carbonyl (C=O) groups excluding carboxylic acids is 1. The van der Waals surface area contributed by atoms with Crippen molar-refractivity contribution in [2.75, 3.05) is 32.7 Å². The Morgan fingerprint density at radius 1 is 1.24 bits per heavy atom. The summed E-state index contributed by atoms with van der Waals surface area (Å²) in [7, 11) is 0. The minimum Gasteiger partial charge on any atom is -0.457 e. The highest BCUT2D eigenvalue weighted by atomic mass is 79.9. The number of hydrogen-bond donors (Lipinski definition) is 1. The number of nitrogens with one attached hydrogen (secondary N) is 1. The minimum atomic E-state index is -0.217. The molecule has 1 aromatic carbocycles. The van der Waals surface area contributed by atoms with E-state index in [-0.39, 0.29) is 5.91 Å². The highest BCUT2D eigenvalue weighted by Gasteiger charge is 2.29. The van der Waals surface area contributed by atoms with Gasteiger partial charge in [-0.3, -0.25) is 4.79 Å². The van der Waals surface area contributed by atoms with Crippen molar-refractivity contribution >= 4 is 44.8 Å². The van der Waals surface area contributed by atoms with Crippen LogP contribution in [0.5, 0.6) is 0 Å². The summed E-state index contributed by atoms with van der Waals surface area (Å²) >= 11 is 4.84. The molecule has 0 unspecified atom stereocenters. The Balaban J connectivity index is 1.39. The van der Waals surface area contributed by atoms with Gasteiger partial charge in [0.15, 0.2) is 5.17 Å². The van der Waals surface area contributed by atoms with E-state index in [1.807, 2.05) is 36.4 Å². The van der Waals surface area contributed by atoms with Gasteiger partial charge in [-0.1, -0.05) is 28.1 Å². The summed E-state index contributed by atoms with van der Waals surface area (Å²) in [5, 5.41) is 9.49. The zero-order chi connectivity index (χ0) is 20.2. The SMILES string of the molecule is N#CCC[NH+]1CCN(C2=NC(=O)/C(=C/c3ccc(-c4ccc(Br)cc4)o3)S2)CC1. The van der Waals surface area contributed by atoms with Gasteiger partial charge in [-0.2, -0.15) is 10.3 Å². The Labute approximate surface area is 182 Å². The lowest BCUT2D eigenvalue weighted by Gasteiger charge is -2.32. The first-order valence-electron chi connectivity index (χ1n) is 9.46. The summed E-state index contributed by atoms with van der Waals surface area (Å²) in [6, 6.07) is 13.9. The molecule has 0 atom stereocenters. The topological polar surface area (TPSA) is 74.0 Å². The number of benzene rings is 1. The second-order valence-corrected chi connectivity index (χ2v) is 8.84. The highest BCUT2D eigenvalue weighted by Crippen LogP contribution is 2.32. The van der Waals surface area contributed by atoms with Crippen LogP contribution >= 0.6 is 27.7 Å². The van der Waals surface area contributed by atoms with Gasteiger partial charge in [0, 0.05) is 16.1 Å². The molecule has 2 aliphatic rings. The first-order valence-corrected chi connectivity index (χ1v) is 11.1. The average molecular weight is 472 g/mol. The Morgan fingerprint density at radius 3 is 2.72 bits per heavy atom. The van der Waals surface area contributed by atoms with Gasteiger partial charge in [-0.15, -0.1) is 0 Å². The third-order valence-electron chi connectivity index (χ3n) is 4.97. The second-order valence-electron chi connectivity index (χ2n) is 6.91. The molecular formula is C21H20BrN4O2S+. The summed E-state index contributed by atoms with van der Waals surface area (Å²) in [5.74, 6) is 1.18. The zero-order valence-corrected chi connectivity index (χ0v) is 18.1. The Morgan fingerprint density at radius 2 is 2.00 bits per heavy atom. The molecule has 1 N–H and O–H groups in total. The largest absolute Gasteiger partial charge is 0.457 e. The van der Waals surface area contributed by atoms with Crippen molar-refractivity contribution in [3.63, 3.8) is 0 Å². The molecule has 1 saturated heterocycles. The van der Waals surface area contributed by atoms with Crippen molar-refractivity contribution < 1.29 is 14.1 Å². The quantitative estimate of drug-likeness (QED) is 0.693. The molecule has 1 amide bonds. The predicted octanol–water partition coefficient (Wildman–Crippen LogP) is 2.79. The average Bonchev–Trinajstić information content (AvgIpc) is 3.35. The van der Waals surface area contributed by atoms with Crippen molar-refractivity contribution in [1.29, 1.82) is 5.26 Å². The number of carbonyl (C=O) groups is 1. The minimum absolute atomic E-state index is 0.217. The first-order chi connectivity index (χ1) is 14.1. The van der Waals surface area contributed by atoms with Crippen LogP contribution in [0.1, 0.15) is 12.2 Å². The number of quaternary nitrogens is 1. The van der Waals surface area contributed by atoms with Crippen molar-refractivity contribution in [1.82, 2.24) is 4.90 Å². The molecule has 4 rings (SSSR count). The highest BCUT2D eigenvalue weighted by molar-refractivity contribution is 9.10. The lowest BCUT2D eigenvalue weighted by atomic mass is 10.2. The van der Waals surface area contributed by atoms with Gasteiger partial charge in [-0.25, -0.2) is 0 Å². The number of nitrogens with zero attached hydrogens (tertiary/aromatic N) is 3. The van der Waals surface area contributed by atoms with E-state index >= 15 is 0 Å². The number of thioether (sulfide) groups is 1. The maximum atomic E-state index is 12.4. The Kier molecular flexibility index (Phi) is 6.19.